The second kappa shape index (κ2) is 9.48. The van der Waals surface area contributed by atoms with Crippen LogP contribution in [0.1, 0.15) is 56.0 Å². The summed E-state index contributed by atoms with van der Waals surface area (Å²) >= 11 is 0. The van der Waals surface area contributed by atoms with E-state index < -0.39 is 8.32 Å². The first-order valence-electron chi connectivity index (χ1n) is 11.2. The molecular formula is C26H37NO2Si. The SMILES string of the molecule is CC(C)(C)[Si](C)(C)Oc1ccc(C(=O)CC2CCN(Cc3ccccc3)CC2)cc1. The van der Waals surface area contributed by atoms with Gasteiger partial charge in [0.15, 0.2) is 5.78 Å². The molecule has 4 heteroatoms. The van der Waals surface area contributed by atoms with E-state index in [1.807, 2.05) is 24.3 Å². The van der Waals surface area contributed by atoms with Crippen LogP contribution in [0.15, 0.2) is 54.6 Å². The highest BCUT2D eigenvalue weighted by atomic mass is 28.4. The van der Waals surface area contributed by atoms with Crippen molar-refractivity contribution in [2.45, 2.75) is 64.7 Å². The molecule has 0 amide bonds. The molecule has 0 saturated carbocycles. The van der Waals surface area contributed by atoms with Gasteiger partial charge in [0.25, 0.3) is 0 Å². The second-order valence-electron chi connectivity index (χ2n) is 10.2. The number of nitrogens with zero attached hydrogens (tertiary/aromatic N) is 1. The Kier molecular flexibility index (Phi) is 7.20. The molecule has 0 N–H and O–H groups in total. The van der Waals surface area contributed by atoms with Gasteiger partial charge in [0.05, 0.1) is 0 Å². The maximum Gasteiger partial charge on any atom is 0.250 e. The Morgan fingerprint density at radius 1 is 1.00 bits per heavy atom. The molecule has 0 atom stereocenters. The van der Waals surface area contributed by atoms with Crippen LogP contribution in [0.2, 0.25) is 18.1 Å². The molecule has 0 spiro atoms. The quantitative estimate of drug-likeness (QED) is 0.373. The fourth-order valence-corrected chi connectivity index (χ4v) is 4.76. The molecule has 0 aromatic heterocycles. The van der Waals surface area contributed by atoms with Gasteiger partial charge in [0, 0.05) is 18.5 Å². The van der Waals surface area contributed by atoms with Gasteiger partial charge in [-0.1, -0.05) is 51.1 Å². The number of hydrogen-bond acceptors (Lipinski definition) is 3. The first kappa shape index (κ1) is 22.8. The number of Topliss-reactive ketones (excluding diaryl/α,β-unsaturated/α-hetero) is 1. The molecule has 0 unspecified atom stereocenters. The minimum atomic E-state index is -1.85. The molecule has 1 aliphatic heterocycles. The maximum absolute atomic E-state index is 12.8. The van der Waals surface area contributed by atoms with Crippen molar-refractivity contribution < 1.29 is 9.22 Å². The average Bonchev–Trinajstić information content (AvgIpc) is 2.70. The van der Waals surface area contributed by atoms with Crippen molar-refractivity contribution in [3.05, 3.63) is 65.7 Å². The summed E-state index contributed by atoms with van der Waals surface area (Å²) in [5, 5.41) is 0.164. The molecule has 3 nitrogen and oxygen atoms in total. The molecule has 2 aromatic carbocycles. The Morgan fingerprint density at radius 3 is 2.17 bits per heavy atom. The third-order valence-corrected chi connectivity index (χ3v) is 11.1. The van der Waals surface area contributed by atoms with Crippen molar-refractivity contribution in [3.8, 4) is 5.75 Å². The summed E-state index contributed by atoms with van der Waals surface area (Å²) in [6.07, 6.45) is 2.86. The lowest BCUT2D eigenvalue weighted by Crippen LogP contribution is -2.43. The summed E-state index contributed by atoms with van der Waals surface area (Å²) in [4.78, 5) is 15.3. The Bertz CT molecular complexity index is 816. The molecule has 1 aliphatic rings. The molecule has 1 fully saturated rings. The van der Waals surface area contributed by atoms with Gasteiger partial charge in [-0.2, -0.15) is 0 Å². The summed E-state index contributed by atoms with van der Waals surface area (Å²) in [5.74, 6) is 1.63. The van der Waals surface area contributed by atoms with Gasteiger partial charge in [-0.15, -0.1) is 0 Å². The van der Waals surface area contributed by atoms with Gasteiger partial charge in [-0.25, -0.2) is 0 Å². The number of likely N-dealkylation sites (tertiary alicyclic amines) is 1. The minimum Gasteiger partial charge on any atom is -0.544 e. The van der Waals surface area contributed by atoms with Crippen molar-refractivity contribution >= 4 is 14.1 Å². The fourth-order valence-electron chi connectivity index (χ4n) is 3.73. The summed E-state index contributed by atoms with van der Waals surface area (Å²) in [5.41, 5.74) is 2.18. The van der Waals surface area contributed by atoms with Crippen molar-refractivity contribution in [3.63, 3.8) is 0 Å². The summed E-state index contributed by atoms with van der Waals surface area (Å²) in [6.45, 7) is 14.4. The van der Waals surface area contributed by atoms with Crippen molar-refractivity contribution in [2.75, 3.05) is 13.1 Å². The van der Waals surface area contributed by atoms with E-state index in [4.69, 9.17) is 4.43 Å². The van der Waals surface area contributed by atoms with Crippen LogP contribution in [-0.4, -0.2) is 32.1 Å². The molecule has 1 heterocycles. The van der Waals surface area contributed by atoms with Crippen LogP contribution < -0.4 is 4.43 Å². The highest BCUT2D eigenvalue weighted by molar-refractivity contribution is 6.74. The van der Waals surface area contributed by atoms with Gasteiger partial charge in [0.2, 0.25) is 8.32 Å². The predicted octanol–water partition coefficient (Wildman–Crippen LogP) is 6.56. The summed E-state index contributed by atoms with van der Waals surface area (Å²) in [6, 6.07) is 18.5. The van der Waals surface area contributed by atoms with Crippen LogP contribution in [0, 0.1) is 5.92 Å². The van der Waals surface area contributed by atoms with E-state index in [0.717, 1.165) is 43.8 Å². The first-order chi connectivity index (χ1) is 14.1. The van der Waals surface area contributed by atoms with Crippen molar-refractivity contribution in [1.29, 1.82) is 0 Å². The lowest BCUT2D eigenvalue weighted by atomic mass is 9.89. The van der Waals surface area contributed by atoms with E-state index in [1.165, 1.54) is 5.56 Å². The molecule has 30 heavy (non-hydrogen) atoms. The van der Waals surface area contributed by atoms with Gasteiger partial charge < -0.3 is 4.43 Å². The number of carbonyl (C=O) groups excluding carboxylic acids is 1. The predicted molar refractivity (Wildman–Crippen MR) is 128 cm³/mol. The number of ketones is 1. The summed E-state index contributed by atoms with van der Waals surface area (Å²) in [7, 11) is -1.85. The van der Waals surface area contributed by atoms with Crippen LogP contribution in [0.3, 0.4) is 0 Å². The van der Waals surface area contributed by atoms with Crippen LogP contribution in [0.4, 0.5) is 0 Å². The molecule has 0 bridgehead atoms. The van der Waals surface area contributed by atoms with Gasteiger partial charge in [-0.05, 0) is 79.8 Å². The smallest absolute Gasteiger partial charge is 0.250 e. The molecule has 0 radical (unpaired) electrons. The fraction of sp³-hybridized carbons (Fsp3) is 0.500. The van der Waals surface area contributed by atoms with E-state index >= 15 is 0 Å². The number of hydrogen-bond donors (Lipinski definition) is 0. The molecule has 162 valence electrons. The number of benzene rings is 2. The zero-order chi connectivity index (χ0) is 21.8. The first-order valence-corrected chi connectivity index (χ1v) is 14.1. The average molecular weight is 424 g/mol. The monoisotopic (exact) mass is 423 g/mol. The highest BCUT2D eigenvalue weighted by Gasteiger charge is 2.38. The maximum atomic E-state index is 12.8. The van der Waals surface area contributed by atoms with Crippen LogP contribution >= 0.6 is 0 Å². The standard InChI is InChI=1S/C26H37NO2Si/c1-26(2,3)30(4,5)29-24-13-11-23(12-14-24)25(28)19-21-15-17-27(18-16-21)20-22-9-7-6-8-10-22/h6-14,21H,15-20H2,1-5H3. The minimum absolute atomic E-state index is 0.164. The molecule has 1 saturated heterocycles. The van der Waals surface area contributed by atoms with Gasteiger partial charge in [0.1, 0.15) is 5.75 Å². The Hall–Kier alpha value is -1.91. The normalized spacial score (nSPS) is 16.4. The van der Waals surface area contributed by atoms with Gasteiger partial charge >= 0.3 is 0 Å². The number of rotatable bonds is 7. The van der Waals surface area contributed by atoms with Gasteiger partial charge in [-0.3, -0.25) is 9.69 Å². The van der Waals surface area contributed by atoms with E-state index in [1.54, 1.807) is 0 Å². The summed E-state index contributed by atoms with van der Waals surface area (Å²) < 4.78 is 6.33. The van der Waals surface area contributed by atoms with E-state index in [-0.39, 0.29) is 10.8 Å². The van der Waals surface area contributed by atoms with Crippen molar-refractivity contribution in [1.82, 2.24) is 4.90 Å². The highest BCUT2D eigenvalue weighted by Crippen LogP contribution is 2.37. The van der Waals surface area contributed by atoms with E-state index in [0.29, 0.717) is 12.3 Å². The third-order valence-electron chi connectivity index (χ3n) is 6.79. The number of carbonyl (C=O) groups is 1. The van der Waals surface area contributed by atoms with Crippen LogP contribution in [0.5, 0.6) is 5.75 Å². The zero-order valence-electron chi connectivity index (χ0n) is 19.3. The molecule has 3 rings (SSSR count). The second-order valence-corrected chi connectivity index (χ2v) is 14.9. The van der Waals surface area contributed by atoms with Crippen LogP contribution in [-0.2, 0) is 6.54 Å². The third kappa shape index (κ3) is 6.05. The molecular weight excluding hydrogens is 386 g/mol. The Morgan fingerprint density at radius 2 is 1.60 bits per heavy atom. The lowest BCUT2D eigenvalue weighted by molar-refractivity contribution is 0.0925. The number of piperidine rings is 1. The van der Waals surface area contributed by atoms with Crippen molar-refractivity contribution in [2.24, 2.45) is 5.92 Å². The topological polar surface area (TPSA) is 29.5 Å². The zero-order valence-corrected chi connectivity index (χ0v) is 20.3. The van der Waals surface area contributed by atoms with Crippen LogP contribution in [0.25, 0.3) is 0 Å². The van der Waals surface area contributed by atoms with E-state index in [2.05, 4.69) is 69.1 Å². The molecule has 2 aromatic rings. The largest absolute Gasteiger partial charge is 0.544 e. The van der Waals surface area contributed by atoms with E-state index in [9.17, 15) is 4.79 Å². The molecule has 0 aliphatic carbocycles. The lowest BCUT2D eigenvalue weighted by Gasteiger charge is -2.36. The Labute approximate surface area is 183 Å². The Balaban J connectivity index is 1.48.